The van der Waals surface area contributed by atoms with Crippen LogP contribution in [0.4, 0.5) is 5.69 Å². The largest absolute Gasteiger partial charge is 0.383 e. The molecular formula is C14H22N2O. The van der Waals surface area contributed by atoms with Crippen LogP contribution in [0.2, 0.25) is 0 Å². The molecule has 3 nitrogen and oxygen atoms in total. The summed E-state index contributed by atoms with van der Waals surface area (Å²) in [5.74, 6) is 0. The fraction of sp³-hybridized carbons (Fsp3) is 0.571. The van der Waals surface area contributed by atoms with Gasteiger partial charge >= 0.3 is 0 Å². The second-order valence-corrected chi connectivity index (χ2v) is 4.46. The minimum absolute atomic E-state index is 0.788. The molecule has 0 aromatic heterocycles. The van der Waals surface area contributed by atoms with Crippen molar-refractivity contribution in [2.45, 2.75) is 12.8 Å². The highest BCUT2D eigenvalue weighted by Gasteiger charge is 2.14. The number of hydrogen-bond donors (Lipinski definition) is 1. The summed E-state index contributed by atoms with van der Waals surface area (Å²) in [6.07, 6.45) is 2.50. The van der Waals surface area contributed by atoms with Gasteiger partial charge in [0.25, 0.3) is 0 Å². The van der Waals surface area contributed by atoms with E-state index in [1.165, 1.54) is 30.6 Å². The van der Waals surface area contributed by atoms with Crippen LogP contribution < -0.4 is 10.2 Å². The van der Waals surface area contributed by atoms with Gasteiger partial charge in [-0.2, -0.15) is 0 Å². The molecule has 0 radical (unpaired) electrons. The Kier molecular flexibility index (Phi) is 4.83. The van der Waals surface area contributed by atoms with Crippen LogP contribution in [0.5, 0.6) is 0 Å². The SMILES string of the molecule is COCCNCCN1CCCc2ccccc21. The Hall–Kier alpha value is -1.06. The molecule has 0 fully saturated rings. The Morgan fingerprint density at radius 3 is 3.06 bits per heavy atom. The number of nitrogens with one attached hydrogen (secondary N) is 1. The molecule has 1 aliphatic heterocycles. The van der Waals surface area contributed by atoms with Gasteiger partial charge in [0.2, 0.25) is 0 Å². The van der Waals surface area contributed by atoms with Crippen LogP contribution >= 0.6 is 0 Å². The number of benzene rings is 1. The van der Waals surface area contributed by atoms with Gasteiger partial charge in [-0.05, 0) is 24.5 Å². The van der Waals surface area contributed by atoms with Crippen molar-refractivity contribution >= 4 is 5.69 Å². The van der Waals surface area contributed by atoms with E-state index < -0.39 is 0 Å². The van der Waals surface area contributed by atoms with Crippen LogP contribution in [0, 0.1) is 0 Å². The lowest BCUT2D eigenvalue weighted by atomic mass is 10.0. The molecular weight excluding hydrogens is 212 g/mol. The molecule has 2 rings (SSSR count). The number of hydrogen-bond acceptors (Lipinski definition) is 3. The quantitative estimate of drug-likeness (QED) is 0.758. The average Bonchev–Trinajstić information content (AvgIpc) is 2.39. The average molecular weight is 234 g/mol. The van der Waals surface area contributed by atoms with Gasteiger partial charge in [0.05, 0.1) is 6.61 Å². The van der Waals surface area contributed by atoms with Crippen LogP contribution in [-0.4, -0.2) is 39.9 Å². The van der Waals surface area contributed by atoms with E-state index in [2.05, 4.69) is 34.5 Å². The van der Waals surface area contributed by atoms with E-state index in [1.807, 2.05) is 0 Å². The highest BCUT2D eigenvalue weighted by molar-refractivity contribution is 5.55. The number of anilines is 1. The Morgan fingerprint density at radius 1 is 1.29 bits per heavy atom. The minimum Gasteiger partial charge on any atom is -0.383 e. The Bertz CT molecular complexity index is 341. The predicted molar refractivity (Wildman–Crippen MR) is 71.7 cm³/mol. The van der Waals surface area contributed by atoms with Gasteiger partial charge < -0.3 is 15.0 Å². The maximum atomic E-state index is 5.01. The predicted octanol–water partition coefficient (Wildman–Crippen LogP) is 1.68. The molecule has 1 aromatic rings. The molecule has 0 unspecified atom stereocenters. The minimum atomic E-state index is 0.788. The first-order valence-corrected chi connectivity index (χ1v) is 6.44. The Balaban J connectivity index is 1.82. The van der Waals surface area contributed by atoms with Crippen molar-refractivity contribution in [1.82, 2.24) is 5.32 Å². The fourth-order valence-corrected chi connectivity index (χ4v) is 2.36. The van der Waals surface area contributed by atoms with Crippen LogP contribution in [0.15, 0.2) is 24.3 Å². The first-order chi connectivity index (χ1) is 8.42. The van der Waals surface area contributed by atoms with Crippen LogP contribution in [0.3, 0.4) is 0 Å². The summed E-state index contributed by atoms with van der Waals surface area (Å²) in [6, 6.07) is 8.76. The molecule has 0 bridgehead atoms. The number of para-hydroxylation sites is 1. The van der Waals surface area contributed by atoms with Crippen molar-refractivity contribution in [3.05, 3.63) is 29.8 Å². The van der Waals surface area contributed by atoms with Gasteiger partial charge in [0, 0.05) is 39.0 Å². The summed E-state index contributed by atoms with van der Waals surface area (Å²) in [4.78, 5) is 2.48. The monoisotopic (exact) mass is 234 g/mol. The smallest absolute Gasteiger partial charge is 0.0587 e. The number of nitrogens with zero attached hydrogens (tertiary/aromatic N) is 1. The molecule has 0 amide bonds. The van der Waals surface area contributed by atoms with Crippen molar-refractivity contribution in [2.24, 2.45) is 0 Å². The molecule has 1 N–H and O–H groups in total. The third-order valence-corrected chi connectivity index (χ3v) is 3.25. The maximum absolute atomic E-state index is 5.01. The number of ether oxygens (including phenoxy) is 1. The van der Waals surface area contributed by atoms with Gasteiger partial charge in [-0.3, -0.25) is 0 Å². The molecule has 0 aliphatic carbocycles. The molecule has 1 aliphatic rings. The summed E-state index contributed by atoms with van der Waals surface area (Å²) in [6.45, 7) is 5.02. The zero-order chi connectivity index (χ0) is 11.9. The topological polar surface area (TPSA) is 24.5 Å². The van der Waals surface area contributed by atoms with Gasteiger partial charge in [0.15, 0.2) is 0 Å². The van der Waals surface area contributed by atoms with E-state index in [-0.39, 0.29) is 0 Å². The summed E-state index contributed by atoms with van der Waals surface area (Å²) in [5.41, 5.74) is 2.92. The van der Waals surface area contributed by atoms with E-state index in [0.717, 1.165) is 26.2 Å². The zero-order valence-electron chi connectivity index (χ0n) is 10.6. The van der Waals surface area contributed by atoms with Crippen LogP contribution in [0.1, 0.15) is 12.0 Å². The molecule has 0 saturated carbocycles. The van der Waals surface area contributed by atoms with Crippen molar-refractivity contribution in [3.63, 3.8) is 0 Å². The van der Waals surface area contributed by atoms with E-state index in [0.29, 0.717) is 0 Å². The van der Waals surface area contributed by atoms with Crippen molar-refractivity contribution in [1.29, 1.82) is 0 Å². The third kappa shape index (κ3) is 3.45. The van der Waals surface area contributed by atoms with E-state index in [9.17, 15) is 0 Å². The molecule has 1 aromatic carbocycles. The van der Waals surface area contributed by atoms with E-state index in [4.69, 9.17) is 4.74 Å². The molecule has 0 atom stereocenters. The number of rotatable bonds is 6. The van der Waals surface area contributed by atoms with Gasteiger partial charge in [-0.25, -0.2) is 0 Å². The highest BCUT2D eigenvalue weighted by atomic mass is 16.5. The molecule has 94 valence electrons. The fourth-order valence-electron chi connectivity index (χ4n) is 2.36. The highest BCUT2D eigenvalue weighted by Crippen LogP contribution is 2.25. The normalized spacial score (nSPS) is 14.8. The van der Waals surface area contributed by atoms with E-state index in [1.54, 1.807) is 7.11 Å². The summed E-state index contributed by atoms with van der Waals surface area (Å²) < 4.78 is 5.01. The number of methoxy groups -OCH3 is 1. The summed E-state index contributed by atoms with van der Waals surface area (Å²) >= 11 is 0. The lowest BCUT2D eigenvalue weighted by Gasteiger charge is -2.31. The number of fused-ring (bicyclic) bond motifs is 1. The third-order valence-electron chi connectivity index (χ3n) is 3.25. The Labute approximate surface area is 104 Å². The molecule has 17 heavy (non-hydrogen) atoms. The summed E-state index contributed by atoms with van der Waals surface area (Å²) in [5, 5.41) is 3.40. The van der Waals surface area contributed by atoms with Crippen LogP contribution in [-0.2, 0) is 11.2 Å². The second-order valence-electron chi connectivity index (χ2n) is 4.46. The lowest BCUT2D eigenvalue weighted by Crippen LogP contribution is -2.36. The lowest BCUT2D eigenvalue weighted by molar-refractivity contribution is 0.199. The van der Waals surface area contributed by atoms with Gasteiger partial charge in [0.1, 0.15) is 0 Å². The van der Waals surface area contributed by atoms with Gasteiger partial charge in [-0.15, -0.1) is 0 Å². The standard InChI is InChI=1S/C14H22N2O/c1-17-12-9-15-8-11-16-10-4-6-13-5-2-3-7-14(13)16/h2-3,5,7,15H,4,6,8-12H2,1H3. The van der Waals surface area contributed by atoms with Crippen LogP contribution in [0.25, 0.3) is 0 Å². The molecule has 1 heterocycles. The molecule has 3 heteroatoms. The first kappa shape index (κ1) is 12.4. The Morgan fingerprint density at radius 2 is 2.18 bits per heavy atom. The molecule has 0 saturated heterocycles. The van der Waals surface area contributed by atoms with Crippen molar-refractivity contribution in [3.8, 4) is 0 Å². The first-order valence-electron chi connectivity index (χ1n) is 6.44. The second kappa shape index (κ2) is 6.62. The number of aryl methyl sites for hydroxylation is 1. The van der Waals surface area contributed by atoms with Gasteiger partial charge in [-0.1, -0.05) is 18.2 Å². The van der Waals surface area contributed by atoms with Crippen molar-refractivity contribution < 1.29 is 4.74 Å². The summed E-state index contributed by atoms with van der Waals surface area (Å²) in [7, 11) is 1.74. The maximum Gasteiger partial charge on any atom is 0.0587 e. The van der Waals surface area contributed by atoms with Crippen molar-refractivity contribution in [2.75, 3.05) is 44.8 Å². The zero-order valence-corrected chi connectivity index (χ0v) is 10.6. The van der Waals surface area contributed by atoms with E-state index >= 15 is 0 Å². The molecule has 0 spiro atoms.